The highest BCUT2D eigenvalue weighted by Gasteiger charge is 2.06. The fraction of sp³-hybridized carbons (Fsp3) is 0.143. The molecule has 0 aliphatic carbocycles. The van der Waals surface area contributed by atoms with E-state index in [0.29, 0.717) is 16.3 Å². The molecule has 0 unspecified atom stereocenters. The second kappa shape index (κ2) is 6.52. The molecule has 0 spiro atoms. The monoisotopic (exact) mass is 301 g/mol. The lowest BCUT2D eigenvalue weighted by atomic mass is 10.2. The van der Waals surface area contributed by atoms with E-state index in [4.69, 9.17) is 11.6 Å². The van der Waals surface area contributed by atoms with E-state index in [-0.39, 0.29) is 18.1 Å². The summed E-state index contributed by atoms with van der Waals surface area (Å²) in [6.07, 6.45) is 0. The molecule has 0 aromatic heterocycles. The highest BCUT2D eigenvalue weighted by Crippen LogP contribution is 2.21. The minimum atomic E-state index is -2.88. The molecule has 6 heteroatoms. The van der Waals surface area contributed by atoms with Gasteiger partial charge in [0.25, 0.3) is 0 Å². The van der Waals surface area contributed by atoms with E-state index in [9.17, 15) is 13.2 Å². The molecule has 2 rings (SSSR count). The normalized spacial score (nSPS) is 10.7. The van der Waals surface area contributed by atoms with Gasteiger partial charge < -0.3 is 10.1 Å². The molecular weight excluding hydrogens is 291 g/mol. The van der Waals surface area contributed by atoms with Crippen LogP contribution in [0.15, 0.2) is 42.5 Å². The van der Waals surface area contributed by atoms with Crippen LogP contribution in [0.5, 0.6) is 5.75 Å². The third kappa shape index (κ3) is 4.06. The summed E-state index contributed by atoms with van der Waals surface area (Å²) < 4.78 is 42.0. The lowest BCUT2D eigenvalue weighted by molar-refractivity contribution is -0.0498. The summed E-state index contributed by atoms with van der Waals surface area (Å²) in [7, 11) is 0. The van der Waals surface area contributed by atoms with Gasteiger partial charge in [-0.25, -0.2) is 4.39 Å². The number of nitrogens with one attached hydrogen (secondary N) is 1. The summed E-state index contributed by atoms with van der Waals surface area (Å²) in [6.45, 7) is -2.69. The van der Waals surface area contributed by atoms with Crippen molar-refractivity contribution in [3.05, 3.63) is 58.9 Å². The summed E-state index contributed by atoms with van der Waals surface area (Å²) in [6, 6.07) is 10.3. The van der Waals surface area contributed by atoms with Gasteiger partial charge in [0.05, 0.1) is 0 Å². The van der Waals surface area contributed by atoms with Crippen molar-refractivity contribution in [1.82, 2.24) is 0 Å². The molecular formula is C14H11ClF3NO. The van der Waals surface area contributed by atoms with E-state index < -0.39 is 6.61 Å². The van der Waals surface area contributed by atoms with E-state index in [2.05, 4.69) is 10.1 Å². The molecule has 2 nitrogen and oxygen atoms in total. The van der Waals surface area contributed by atoms with Crippen molar-refractivity contribution >= 4 is 17.3 Å². The number of rotatable bonds is 5. The topological polar surface area (TPSA) is 21.3 Å². The van der Waals surface area contributed by atoms with Gasteiger partial charge in [0.2, 0.25) is 0 Å². The zero-order chi connectivity index (χ0) is 14.5. The Bertz CT molecular complexity index is 592. The second-order valence-corrected chi connectivity index (χ2v) is 4.43. The van der Waals surface area contributed by atoms with Crippen molar-refractivity contribution in [2.45, 2.75) is 13.2 Å². The highest BCUT2D eigenvalue weighted by atomic mass is 35.5. The molecule has 2 aromatic carbocycles. The molecule has 0 saturated carbocycles. The average Bonchev–Trinajstić information content (AvgIpc) is 2.39. The minimum absolute atomic E-state index is 0.0385. The quantitative estimate of drug-likeness (QED) is 0.865. The molecule has 20 heavy (non-hydrogen) atoms. The van der Waals surface area contributed by atoms with Crippen molar-refractivity contribution in [3.8, 4) is 5.75 Å². The van der Waals surface area contributed by atoms with E-state index in [1.54, 1.807) is 12.1 Å². The van der Waals surface area contributed by atoms with E-state index in [0.717, 1.165) is 0 Å². The number of benzene rings is 2. The third-order valence-electron chi connectivity index (χ3n) is 2.55. The molecule has 0 radical (unpaired) electrons. The standard InChI is InChI=1S/C14H11ClF3NO/c15-10-4-5-13(16)9(6-10)8-19-11-2-1-3-12(7-11)20-14(17)18/h1-7,14,19H,8H2. The van der Waals surface area contributed by atoms with Gasteiger partial charge in [0.15, 0.2) is 0 Å². The molecule has 0 amide bonds. The van der Waals surface area contributed by atoms with Crippen LogP contribution in [-0.2, 0) is 6.54 Å². The number of anilines is 1. The number of hydrogen-bond acceptors (Lipinski definition) is 2. The van der Waals surface area contributed by atoms with Crippen LogP contribution >= 0.6 is 11.6 Å². The Morgan fingerprint density at radius 2 is 1.95 bits per heavy atom. The SMILES string of the molecule is Fc1ccc(Cl)cc1CNc1cccc(OC(F)F)c1. The van der Waals surface area contributed by atoms with E-state index in [1.165, 1.54) is 30.3 Å². The van der Waals surface area contributed by atoms with Crippen LogP contribution in [0.4, 0.5) is 18.9 Å². The van der Waals surface area contributed by atoms with Crippen LogP contribution in [0.1, 0.15) is 5.56 Å². The van der Waals surface area contributed by atoms with Crippen molar-refractivity contribution in [1.29, 1.82) is 0 Å². The number of hydrogen-bond donors (Lipinski definition) is 1. The maximum atomic E-state index is 13.5. The van der Waals surface area contributed by atoms with Gasteiger partial charge in [-0.3, -0.25) is 0 Å². The van der Waals surface area contributed by atoms with E-state index >= 15 is 0 Å². The predicted octanol–water partition coefficient (Wildman–Crippen LogP) is 4.69. The molecule has 106 valence electrons. The van der Waals surface area contributed by atoms with Crippen molar-refractivity contribution in [2.75, 3.05) is 5.32 Å². The predicted molar refractivity (Wildman–Crippen MR) is 71.8 cm³/mol. The Hall–Kier alpha value is -1.88. The third-order valence-corrected chi connectivity index (χ3v) is 2.79. The molecule has 2 aromatic rings. The molecule has 0 heterocycles. The Labute approximate surface area is 119 Å². The summed E-state index contributed by atoms with van der Waals surface area (Å²) in [4.78, 5) is 0. The summed E-state index contributed by atoms with van der Waals surface area (Å²) in [5, 5.41) is 3.35. The zero-order valence-electron chi connectivity index (χ0n) is 10.2. The number of alkyl halides is 2. The Morgan fingerprint density at radius 1 is 1.15 bits per heavy atom. The van der Waals surface area contributed by atoms with Gasteiger partial charge in [-0.2, -0.15) is 8.78 Å². The fourth-order valence-electron chi connectivity index (χ4n) is 1.66. The first kappa shape index (κ1) is 14.5. The van der Waals surface area contributed by atoms with Crippen LogP contribution in [-0.4, -0.2) is 6.61 Å². The first-order chi connectivity index (χ1) is 9.54. The fourth-order valence-corrected chi connectivity index (χ4v) is 1.85. The average molecular weight is 302 g/mol. The zero-order valence-corrected chi connectivity index (χ0v) is 11.0. The molecule has 0 bridgehead atoms. The summed E-state index contributed by atoms with van der Waals surface area (Å²) in [5.41, 5.74) is 0.931. The largest absolute Gasteiger partial charge is 0.435 e. The van der Waals surface area contributed by atoms with Crippen molar-refractivity contribution < 1.29 is 17.9 Å². The molecule has 1 N–H and O–H groups in total. The minimum Gasteiger partial charge on any atom is -0.435 e. The van der Waals surface area contributed by atoms with Crippen molar-refractivity contribution in [3.63, 3.8) is 0 Å². The van der Waals surface area contributed by atoms with Gasteiger partial charge in [0, 0.05) is 28.9 Å². The molecule has 0 atom stereocenters. The van der Waals surface area contributed by atoms with Crippen LogP contribution in [0, 0.1) is 5.82 Å². The smallest absolute Gasteiger partial charge is 0.387 e. The second-order valence-electron chi connectivity index (χ2n) is 4.00. The molecule has 0 fully saturated rings. The molecule has 0 aliphatic rings. The maximum Gasteiger partial charge on any atom is 0.387 e. The maximum absolute atomic E-state index is 13.5. The van der Waals surface area contributed by atoms with Crippen molar-refractivity contribution in [2.24, 2.45) is 0 Å². The number of ether oxygens (including phenoxy) is 1. The first-order valence-electron chi connectivity index (χ1n) is 5.77. The Kier molecular flexibility index (Phi) is 4.74. The number of halogens is 4. The van der Waals surface area contributed by atoms with Crippen LogP contribution in [0.3, 0.4) is 0 Å². The van der Waals surface area contributed by atoms with E-state index in [1.807, 2.05) is 0 Å². The van der Waals surface area contributed by atoms with Gasteiger partial charge in [-0.05, 0) is 30.3 Å². The lowest BCUT2D eigenvalue weighted by Gasteiger charge is -2.10. The molecule has 0 aliphatic heterocycles. The van der Waals surface area contributed by atoms with Gasteiger partial charge in [-0.1, -0.05) is 17.7 Å². The molecule has 0 saturated heterocycles. The summed E-state index contributed by atoms with van der Waals surface area (Å²) >= 11 is 5.78. The van der Waals surface area contributed by atoms with Crippen LogP contribution in [0.2, 0.25) is 5.02 Å². The Morgan fingerprint density at radius 3 is 2.70 bits per heavy atom. The van der Waals surface area contributed by atoms with Gasteiger partial charge >= 0.3 is 6.61 Å². The summed E-state index contributed by atoms with van der Waals surface area (Å²) in [5.74, 6) is -0.349. The van der Waals surface area contributed by atoms with Gasteiger partial charge in [0.1, 0.15) is 11.6 Å². The lowest BCUT2D eigenvalue weighted by Crippen LogP contribution is -2.04. The Balaban J connectivity index is 2.05. The van der Waals surface area contributed by atoms with Crippen LogP contribution in [0.25, 0.3) is 0 Å². The van der Waals surface area contributed by atoms with Gasteiger partial charge in [-0.15, -0.1) is 0 Å². The first-order valence-corrected chi connectivity index (χ1v) is 6.15. The highest BCUT2D eigenvalue weighted by molar-refractivity contribution is 6.30. The van der Waals surface area contributed by atoms with Crippen LogP contribution < -0.4 is 10.1 Å².